The molecular weight excluding hydrogens is 253 g/mol. The molecule has 1 heterocycles. The van der Waals surface area contributed by atoms with Crippen molar-refractivity contribution >= 4 is 0 Å². The van der Waals surface area contributed by atoms with Crippen LogP contribution in [0.15, 0.2) is 36.7 Å². The van der Waals surface area contributed by atoms with Gasteiger partial charge in [0.25, 0.3) is 0 Å². The van der Waals surface area contributed by atoms with Crippen molar-refractivity contribution in [3.8, 4) is 0 Å². The van der Waals surface area contributed by atoms with Crippen LogP contribution < -0.4 is 5.32 Å². The first kappa shape index (κ1) is 14.7. The van der Waals surface area contributed by atoms with Gasteiger partial charge in [0.2, 0.25) is 0 Å². The number of benzene rings is 1. The predicted molar refractivity (Wildman–Crippen MR) is 79.1 cm³/mol. The predicted octanol–water partition coefficient (Wildman–Crippen LogP) is 2.71. The molecule has 0 bridgehead atoms. The molecule has 2 aromatic rings. The van der Waals surface area contributed by atoms with E-state index in [1.807, 2.05) is 30.1 Å². The normalized spacial score (nSPS) is 12.6. The Morgan fingerprint density at radius 3 is 2.85 bits per heavy atom. The number of aryl methyl sites for hydroxylation is 1. The number of hydrogen-bond acceptors (Lipinski definition) is 2. The van der Waals surface area contributed by atoms with Crippen LogP contribution in [0.1, 0.15) is 24.7 Å². The van der Waals surface area contributed by atoms with Gasteiger partial charge in [0, 0.05) is 31.9 Å². The van der Waals surface area contributed by atoms with Crippen LogP contribution in [-0.2, 0) is 19.9 Å². The van der Waals surface area contributed by atoms with Crippen molar-refractivity contribution in [2.75, 3.05) is 6.54 Å². The van der Waals surface area contributed by atoms with E-state index in [0.29, 0.717) is 0 Å². The fraction of sp³-hybridized carbons (Fsp3) is 0.438. The van der Waals surface area contributed by atoms with Crippen LogP contribution in [-0.4, -0.2) is 22.1 Å². The molecule has 4 heteroatoms. The standard InChI is InChI=1S/C16H22FN3/c1-3-7-18-15(12-16-19-8-9-20(16)2)11-13-5-4-6-14(17)10-13/h4-6,8-10,15,18H,3,7,11-12H2,1-2H3. The fourth-order valence-electron chi connectivity index (χ4n) is 2.33. The molecule has 1 N–H and O–H groups in total. The third kappa shape index (κ3) is 4.17. The van der Waals surface area contributed by atoms with Crippen LogP contribution in [0.3, 0.4) is 0 Å². The third-order valence-corrected chi connectivity index (χ3v) is 3.40. The molecular formula is C16H22FN3. The molecule has 108 valence electrons. The topological polar surface area (TPSA) is 29.9 Å². The van der Waals surface area contributed by atoms with E-state index in [0.717, 1.165) is 37.2 Å². The monoisotopic (exact) mass is 275 g/mol. The summed E-state index contributed by atoms with van der Waals surface area (Å²) >= 11 is 0. The van der Waals surface area contributed by atoms with Crippen molar-refractivity contribution < 1.29 is 4.39 Å². The van der Waals surface area contributed by atoms with Crippen LogP contribution in [0.2, 0.25) is 0 Å². The molecule has 0 fully saturated rings. The van der Waals surface area contributed by atoms with E-state index in [4.69, 9.17) is 0 Å². The molecule has 0 amide bonds. The summed E-state index contributed by atoms with van der Waals surface area (Å²) in [6.07, 6.45) is 6.51. The van der Waals surface area contributed by atoms with E-state index in [2.05, 4.69) is 17.2 Å². The Balaban J connectivity index is 2.05. The van der Waals surface area contributed by atoms with Crippen LogP contribution in [0.25, 0.3) is 0 Å². The average Bonchev–Trinajstić information content (AvgIpc) is 2.82. The third-order valence-electron chi connectivity index (χ3n) is 3.40. The molecule has 0 saturated heterocycles. The van der Waals surface area contributed by atoms with E-state index in [1.54, 1.807) is 12.1 Å². The molecule has 0 aliphatic carbocycles. The molecule has 0 aliphatic rings. The van der Waals surface area contributed by atoms with E-state index in [-0.39, 0.29) is 11.9 Å². The van der Waals surface area contributed by atoms with Gasteiger partial charge in [0.05, 0.1) is 0 Å². The highest BCUT2D eigenvalue weighted by atomic mass is 19.1. The summed E-state index contributed by atoms with van der Waals surface area (Å²) in [6.45, 7) is 3.11. The van der Waals surface area contributed by atoms with Crippen molar-refractivity contribution in [2.24, 2.45) is 7.05 Å². The van der Waals surface area contributed by atoms with E-state index in [9.17, 15) is 4.39 Å². The maximum absolute atomic E-state index is 13.3. The van der Waals surface area contributed by atoms with Crippen molar-refractivity contribution in [3.63, 3.8) is 0 Å². The minimum Gasteiger partial charge on any atom is -0.338 e. The Hall–Kier alpha value is -1.68. The second-order valence-electron chi connectivity index (χ2n) is 5.14. The largest absolute Gasteiger partial charge is 0.338 e. The van der Waals surface area contributed by atoms with Crippen LogP contribution >= 0.6 is 0 Å². The Morgan fingerprint density at radius 1 is 1.35 bits per heavy atom. The molecule has 3 nitrogen and oxygen atoms in total. The first-order valence-electron chi connectivity index (χ1n) is 7.13. The molecule has 0 radical (unpaired) electrons. The van der Waals surface area contributed by atoms with Gasteiger partial charge in [-0.1, -0.05) is 19.1 Å². The molecule has 0 aliphatic heterocycles. The smallest absolute Gasteiger partial charge is 0.123 e. The van der Waals surface area contributed by atoms with Gasteiger partial charge in [-0.2, -0.15) is 0 Å². The van der Waals surface area contributed by atoms with Gasteiger partial charge >= 0.3 is 0 Å². The highest BCUT2D eigenvalue weighted by molar-refractivity contribution is 5.18. The number of nitrogens with one attached hydrogen (secondary N) is 1. The number of halogens is 1. The second-order valence-corrected chi connectivity index (χ2v) is 5.14. The first-order valence-corrected chi connectivity index (χ1v) is 7.13. The summed E-state index contributed by atoms with van der Waals surface area (Å²) in [5.74, 6) is 0.878. The maximum atomic E-state index is 13.3. The highest BCUT2D eigenvalue weighted by Gasteiger charge is 2.13. The van der Waals surface area contributed by atoms with Crippen molar-refractivity contribution in [2.45, 2.75) is 32.2 Å². The van der Waals surface area contributed by atoms with Crippen LogP contribution in [0.5, 0.6) is 0 Å². The highest BCUT2D eigenvalue weighted by Crippen LogP contribution is 2.10. The first-order chi connectivity index (χ1) is 9.69. The van der Waals surface area contributed by atoms with Crippen LogP contribution in [0.4, 0.5) is 4.39 Å². The Kier molecular flexibility index (Phi) is 5.30. The number of hydrogen-bond donors (Lipinski definition) is 1. The molecule has 1 aromatic heterocycles. The van der Waals surface area contributed by atoms with Crippen molar-refractivity contribution in [3.05, 3.63) is 53.9 Å². The molecule has 1 aromatic carbocycles. The second kappa shape index (κ2) is 7.20. The summed E-state index contributed by atoms with van der Waals surface area (Å²) in [6, 6.07) is 7.11. The van der Waals surface area contributed by atoms with Gasteiger partial charge in [-0.25, -0.2) is 9.37 Å². The van der Waals surface area contributed by atoms with E-state index >= 15 is 0 Å². The van der Waals surface area contributed by atoms with Gasteiger partial charge in [0.1, 0.15) is 11.6 Å². The average molecular weight is 275 g/mol. The Morgan fingerprint density at radius 2 is 2.20 bits per heavy atom. The van der Waals surface area contributed by atoms with E-state index in [1.165, 1.54) is 6.07 Å². The van der Waals surface area contributed by atoms with Gasteiger partial charge in [-0.05, 0) is 37.1 Å². The molecule has 20 heavy (non-hydrogen) atoms. The Labute approximate surface area is 119 Å². The Bertz CT molecular complexity index is 536. The van der Waals surface area contributed by atoms with Gasteiger partial charge in [-0.15, -0.1) is 0 Å². The van der Waals surface area contributed by atoms with Crippen LogP contribution in [0, 0.1) is 5.82 Å². The van der Waals surface area contributed by atoms with Gasteiger partial charge in [-0.3, -0.25) is 0 Å². The fourth-order valence-corrected chi connectivity index (χ4v) is 2.33. The lowest BCUT2D eigenvalue weighted by Crippen LogP contribution is -2.34. The summed E-state index contributed by atoms with van der Waals surface area (Å²) in [7, 11) is 2.00. The quantitative estimate of drug-likeness (QED) is 0.842. The minimum absolute atomic E-state index is 0.172. The zero-order chi connectivity index (χ0) is 14.4. The summed E-state index contributed by atoms with van der Waals surface area (Å²) < 4.78 is 15.3. The minimum atomic E-state index is -0.172. The molecule has 0 spiro atoms. The van der Waals surface area contributed by atoms with Gasteiger partial charge in [0.15, 0.2) is 0 Å². The zero-order valence-corrected chi connectivity index (χ0v) is 12.1. The SMILES string of the molecule is CCCNC(Cc1cccc(F)c1)Cc1nccn1C. The lowest BCUT2D eigenvalue weighted by Gasteiger charge is -2.18. The lowest BCUT2D eigenvalue weighted by molar-refractivity contribution is 0.488. The summed E-state index contributed by atoms with van der Waals surface area (Å²) in [5.41, 5.74) is 1.02. The lowest BCUT2D eigenvalue weighted by atomic mass is 10.0. The number of imidazole rings is 1. The van der Waals surface area contributed by atoms with Crippen molar-refractivity contribution in [1.82, 2.24) is 14.9 Å². The molecule has 2 rings (SSSR count). The zero-order valence-electron chi connectivity index (χ0n) is 12.1. The maximum Gasteiger partial charge on any atom is 0.123 e. The molecule has 1 unspecified atom stereocenters. The van der Waals surface area contributed by atoms with Gasteiger partial charge < -0.3 is 9.88 Å². The summed E-state index contributed by atoms with van der Waals surface area (Å²) in [4.78, 5) is 4.37. The molecule has 1 atom stereocenters. The van der Waals surface area contributed by atoms with Crippen molar-refractivity contribution in [1.29, 1.82) is 0 Å². The summed E-state index contributed by atoms with van der Waals surface area (Å²) in [5, 5.41) is 3.53. The number of rotatable bonds is 7. The number of aromatic nitrogens is 2. The molecule has 0 saturated carbocycles. The number of nitrogens with zero attached hydrogens (tertiary/aromatic N) is 2. The van der Waals surface area contributed by atoms with E-state index < -0.39 is 0 Å².